The van der Waals surface area contributed by atoms with Gasteiger partial charge in [0, 0.05) is 17.5 Å². The number of aryl methyl sites for hydroxylation is 1. The van der Waals surface area contributed by atoms with Gasteiger partial charge in [0.2, 0.25) is 0 Å². The Balaban J connectivity index is 2.90. The van der Waals surface area contributed by atoms with Gasteiger partial charge in [-0.05, 0) is 26.3 Å². The predicted molar refractivity (Wildman–Crippen MR) is 53.6 cm³/mol. The van der Waals surface area contributed by atoms with Gasteiger partial charge in [-0.15, -0.1) is 11.3 Å². The molecule has 13 heavy (non-hydrogen) atoms. The molecular formula is C9H13NO2S. The Kier molecular flexibility index (Phi) is 2.93. The lowest BCUT2D eigenvalue weighted by molar-refractivity contribution is 0.204. The standard InChI is InChI=1S/C9H13NO2S/c1-5-6(2)8(13-7(5)3)12-9(11)10-4/h1-4H3,(H,10,11). The van der Waals surface area contributed by atoms with Gasteiger partial charge in [-0.25, -0.2) is 4.79 Å². The van der Waals surface area contributed by atoms with E-state index in [2.05, 4.69) is 5.32 Å². The van der Waals surface area contributed by atoms with Crippen molar-refractivity contribution >= 4 is 17.4 Å². The molecule has 1 N–H and O–H groups in total. The number of ether oxygens (including phenoxy) is 1. The maximum Gasteiger partial charge on any atom is 0.413 e. The molecule has 0 aromatic carbocycles. The summed E-state index contributed by atoms with van der Waals surface area (Å²) < 4.78 is 5.06. The van der Waals surface area contributed by atoms with Crippen LogP contribution < -0.4 is 10.1 Å². The highest BCUT2D eigenvalue weighted by molar-refractivity contribution is 7.14. The van der Waals surface area contributed by atoms with E-state index in [0.29, 0.717) is 5.06 Å². The van der Waals surface area contributed by atoms with Crippen molar-refractivity contribution in [3.8, 4) is 5.06 Å². The first-order valence-corrected chi connectivity index (χ1v) is 4.84. The van der Waals surface area contributed by atoms with Crippen LogP contribution in [0.3, 0.4) is 0 Å². The summed E-state index contributed by atoms with van der Waals surface area (Å²) in [4.78, 5) is 12.1. The first kappa shape index (κ1) is 10.1. The Morgan fingerprint density at radius 2 is 1.92 bits per heavy atom. The van der Waals surface area contributed by atoms with Gasteiger partial charge in [0.25, 0.3) is 0 Å². The summed E-state index contributed by atoms with van der Waals surface area (Å²) in [5, 5.41) is 3.10. The van der Waals surface area contributed by atoms with Gasteiger partial charge in [-0.2, -0.15) is 0 Å². The number of hydrogen-bond acceptors (Lipinski definition) is 3. The monoisotopic (exact) mass is 199 g/mol. The van der Waals surface area contributed by atoms with E-state index >= 15 is 0 Å². The molecule has 0 aliphatic rings. The van der Waals surface area contributed by atoms with Crippen molar-refractivity contribution in [2.24, 2.45) is 0 Å². The smallest absolute Gasteiger partial charge is 0.399 e. The number of carbonyl (C=O) groups is 1. The van der Waals surface area contributed by atoms with Gasteiger partial charge < -0.3 is 10.1 Å². The van der Waals surface area contributed by atoms with Crippen molar-refractivity contribution < 1.29 is 9.53 Å². The van der Waals surface area contributed by atoms with Gasteiger partial charge in [-0.3, -0.25) is 0 Å². The first-order chi connectivity index (χ1) is 6.06. The van der Waals surface area contributed by atoms with Crippen molar-refractivity contribution in [1.82, 2.24) is 5.32 Å². The van der Waals surface area contributed by atoms with Crippen LogP contribution in [-0.2, 0) is 0 Å². The number of nitrogens with one attached hydrogen (secondary N) is 1. The molecule has 0 saturated carbocycles. The Morgan fingerprint density at radius 3 is 2.31 bits per heavy atom. The number of hydrogen-bond donors (Lipinski definition) is 1. The van der Waals surface area contributed by atoms with Crippen molar-refractivity contribution in [2.45, 2.75) is 20.8 Å². The Bertz CT molecular complexity index is 331. The topological polar surface area (TPSA) is 38.3 Å². The van der Waals surface area contributed by atoms with Crippen LogP contribution in [0.2, 0.25) is 0 Å². The van der Waals surface area contributed by atoms with Gasteiger partial charge in [0.05, 0.1) is 0 Å². The van der Waals surface area contributed by atoms with Gasteiger partial charge in [0.1, 0.15) is 0 Å². The third-order valence-electron chi connectivity index (χ3n) is 2.03. The molecule has 72 valence electrons. The summed E-state index contributed by atoms with van der Waals surface area (Å²) >= 11 is 1.50. The highest BCUT2D eigenvalue weighted by atomic mass is 32.1. The summed E-state index contributed by atoms with van der Waals surface area (Å²) in [6.07, 6.45) is -0.413. The molecular weight excluding hydrogens is 186 g/mol. The van der Waals surface area contributed by atoms with Crippen LogP contribution >= 0.6 is 11.3 Å². The maximum atomic E-state index is 10.9. The van der Waals surface area contributed by atoms with E-state index < -0.39 is 6.09 Å². The van der Waals surface area contributed by atoms with Crippen molar-refractivity contribution in [1.29, 1.82) is 0 Å². The average molecular weight is 199 g/mol. The quantitative estimate of drug-likeness (QED) is 0.754. The molecule has 0 radical (unpaired) electrons. The van der Waals surface area contributed by atoms with Crippen molar-refractivity contribution in [3.05, 3.63) is 16.0 Å². The van der Waals surface area contributed by atoms with Gasteiger partial charge in [-0.1, -0.05) is 0 Å². The zero-order chi connectivity index (χ0) is 10.0. The summed E-state index contributed by atoms with van der Waals surface area (Å²) in [5.41, 5.74) is 2.25. The molecule has 1 amide bonds. The first-order valence-electron chi connectivity index (χ1n) is 4.02. The zero-order valence-corrected chi connectivity index (χ0v) is 9.04. The van der Waals surface area contributed by atoms with Gasteiger partial charge in [0.15, 0.2) is 5.06 Å². The summed E-state index contributed by atoms with van der Waals surface area (Å²) in [6.45, 7) is 6.00. The molecule has 3 nitrogen and oxygen atoms in total. The zero-order valence-electron chi connectivity index (χ0n) is 8.22. The van der Waals surface area contributed by atoms with E-state index in [1.165, 1.54) is 21.8 Å². The van der Waals surface area contributed by atoms with Crippen LogP contribution in [0.5, 0.6) is 5.06 Å². The largest absolute Gasteiger partial charge is 0.413 e. The third-order valence-corrected chi connectivity index (χ3v) is 3.22. The van der Waals surface area contributed by atoms with Gasteiger partial charge >= 0.3 is 6.09 Å². The number of thiophene rings is 1. The van der Waals surface area contributed by atoms with Crippen molar-refractivity contribution in [2.75, 3.05) is 7.05 Å². The number of carbonyl (C=O) groups excluding carboxylic acids is 1. The highest BCUT2D eigenvalue weighted by Crippen LogP contribution is 2.33. The third kappa shape index (κ3) is 2.01. The van der Waals surface area contributed by atoms with E-state index in [-0.39, 0.29) is 0 Å². The average Bonchev–Trinajstić information content (AvgIpc) is 2.34. The minimum Gasteiger partial charge on any atom is -0.399 e. The second-order valence-electron chi connectivity index (χ2n) is 2.84. The molecule has 1 rings (SSSR count). The molecule has 0 fully saturated rings. The normalized spacial score (nSPS) is 9.85. The Morgan fingerprint density at radius 1 is 1.31 bits per heavy atom. The molecule has 0 bridgehead atoms. The second kappa shape index (κ2) is 3.79. The lowest BCUT2D eigenvalue weighted by Crippen LogP contribution is -2.21. The fourth-order valence-corrected chi connectivity index (χ4v) is 1.95. The molecule has 1 heterocycles. The summed E-state index contributed by atoms with van der Waals surface area (Å²) in [5.74, 6) is 0. The molecule has 1 aromatic heterocycles. The fourth-order valence-electron chi connectivity index (χ4n) is 0.942. The van der Waals surface area contributed by atoms with Crippen LogP contribution in [0.1, 0.15) is 16.0 Å². The van der Waals surface area contributed by atoms with E-state index in [1.54, 1.807) is 7.05 Å². The highest BCUT2D eigenvalue weighted by Gasteiger charge is 2.11. The molecule has 4 heteroatoms. The van der Waals surface area contributed by atoms with Crippen LogP contribution in [-0.4, -0.2) is 13.1 Å². The SMILES string of the molecule is CNC(=O)Oc1sc(C)c(C)c1C. The summed E-state index contributed by atoms with van der Waals surface area (Å²) in [7, 11) is 1.55. The van der Waals surface area contributed by atoms with Crippen LogP contribution in [0.25, 0.3) is 0 Å². The van der Waals surface area contributed by atoms with Crippen LogP contribution in [0.15, 0.2) is 0 Å². The minimum absolute atomic E-state index is 0.413. The Labute approximate surface area is 81.7 Å². The van der Waals surface area contributed by atoms with Crippen molar-refractivity contribution in [3.63, 3.8) is 0 Å². The maximum absolute atomic E-state index is 10.9. The Hall–Kier alpha value is -1.03. The van der Waals surface area contributed by atoms with E-state index in [4.69, 9.17) is 4.74 Å². The van der Waals surface area contributed by atoms with E-state index in [0.717, 1.165) is 5.56 Å². The molecule has 0 spiro atoms. The number of amides is 1. The summed E-state index contributed by atoms with van der Waals surface area (Å²) in [6, 6.07) is 0. The van der Waals surface area contributed by atoms with Crippen LogP contribution in [0, 0.1) is 20.8 Å². The molecule has 1 aromatic rings. The second-order valence-corrected chi connectivity index (χ2v) is 4.02. The molecule has 0 aliphatic carbocycles. The fraction of sp³-hybridized carbons (Fsp3) is 0.444. The molecule has 0 aliphatic heterocycles. The molecule has 0 saturated heterocycles. The van der Waals surface area contributed by atoms with E-state index in [9.17, 15) is 4.79 Å². The number of rotatable bonds is 1. The van der Waals surface area contributed by atoms with Crippen LogP contribution in [0.4, 0.5) is 4.79 Å². The molecule has 0 atom stereocenters. The molecule has 0 unspecified atom stereocenters. The lowest BCUT2D eigenvalue weighted by Gasteiger charge is -2.00. The van der Waals surface area contributed by atoms with E-state index in [1.807, 2.05) is 20.8 Å². The lowest BCUT2D eigenvalue weighted by atomic mass is 10.2. The minimum atomic E-state index is -0.413. The predicted octanol–water partition coefficient (Wildman–Crippen LogP) is 2.39.